The molecule has 0 radical (unpaired) electrons. The molecule has 0 bridgehead atoms. The standard InChI is InChI=1S/C27H37BrN2O6/c1-27(2,3)36-25(33)29-22(17-19-11-6-4-7-12-19)24(32)23(31)21(28)15-10-16-30(26(34)35)18-20-13-8-5-9-14-20/h4-9,11-14,21-24,31-32H,10,15-18H2,1-3H3,(H,29,33)(H,34,35)/t21-,22+,23+,24-/m1/s1. The first-order chi connectivity index (χ1) is 17.0. The lowest BCUT2D eigenvalue weighted by molar-refractivity contribution is -0.00988. The van der Waals surface area contributed by atoms with Crippen molar-refractivity contribution in [3.8, 4) is 0 Å². The third-order valence-electron chi connectivity index (χ3n) is 5.53. The summed E-state index contributed by atoms with van der Waals surface area (Å²) in [5.74, 6) is 0. The van der Waals surface area contributed by atoms with Crippen LogP contribution in [0.5, 0.6) is 0 Å². The smallest absolute Gasteiger partial charge is 0.407 e. The van der Waals surface area contributed by atoms with Gasteiger partial charge in [-0.25, -0.2) is 9.59 Å². The Morgan fingerprint density at radius 2 is 1.53 bits per heavy atom. The number of aliphatic hydroxyl groups excluding tert-OH is 2. The Morgan fingerprint density at radius 3 is 2.06 bits per heavy atom. The number of nitrogens with zero attached hydrogens (tertiary/aromatic N) is 1. The molecular formula is C27H37BrN2O6. The van der Waals surface area contributed by atoms with Gasteiger partial charge in [-0.15, -0.1) is 0 Å². The van der Waals surface area contributed by atoms with Gasteiger partial charge in [-0.2, -0.15) is 0 Å². The molecule has 0 aliphatic carbocycles. The fourth-order valence-electron chi connectivity index (χ4n) is 3.73. The van der Waals surface area contributed by atoms with Crippen molar-refractivity contribution in [2.75, 3.05) is 6.54 Å². The van der Waals surface area contributed by atoms with E-state index in [0.29, 0.717) is 19.3 Å². The number of carboxylic acid groups (broad SMARTS) is 1. The number of halogens is 1. The summed E-state index contributed by atoms with van der Waals surface area (Å²) in [5, 5.41) is 34.1. The van der Waals surface area contributed by atoms with Crippen LogP contribution >= 0.6 is 15.9 Å². The number of rotatable bonds is 12. The van der Waals surface area contributed by atoms with E-state index in [1.807, 2.05) is 60.7 Å². The van der Waals surface area contributed by atoms with Gasteiger partial charge in [0.15, 0.2) is 0 Å². The summed E-state index contributed by atoms with van der Waals surface area (Å²) in [6.45, 7) is 5.79. The second-order valence-corrected chi connectivity index (χ2v) is 10.9. The Labute approximate surface area is 221 Å². The van der Waals surface area contributed by atoms with Crippen molar-refractivity contribution in [1.29, 1.82) is 0 Å². The third kappa shape index (κ3) is 10.6. The zero-order chi connectivity index (χ0) is 26.7. The van der Waals surface area contributed by atoms with Gasteiger partial charge >= 0.3 is 12.2 Å². The maximum Gasteiger partial charge on any atom is 0.407 e. The molecular weight excluding hydrogens is 528 g/mol. The summed E-state index contributed by atoms with van der Waals surface area (Å²) in [4.78, 5) is 24.9. The molecule has 9 heteroatoms. The lowest BCUT2D eigenvalue weighted by atomic mass is 9.95. The Balaban J connectivity index is 1.98. The monoisotopic (exact) mass is 564 g/mol. The van der Waals surface area contributed by atoms with E-state index in [1.165, 1.54) is 4.90 Å². The molecule has 0 fully saturated rings. The molecule has 2 rings (SSSR count). The summed E-state index contributed by atoms with van der Waals surface area (Å²) >= 11 is 3.45. The largest absolute Gasteiger partial charge is 0.465 e. The molecule has 4 N–H and O–H groups in total. The minimum atomic E-state index is -1.29. The predicted molar refractivity (Wildman–Crippen MR) is 142 cm³/mol. The second-order valence-electron chi connectivity index (χ2n) is 9.77. The number of alkyl halides is 1. The van der Waals surface area contributed by atoms with E-state index in [0.717, 1.165) is 11.1 Å². The number of carbonyl (C=O) groups excluding carboxylic acids is 1. The molecule has 0 saturated heterocycles. The molecule has 8 nitrogen and oxygen atoms in total. The molecule has 36 heavy (non-hydrogen) atoms. The first-order valence-corrected chi connectivity index (χ1v) is 12.9. The van der Waals surface area contributed by atoms with Crippen molar-refractivity contribution in [3.63, 3.8) is 0 Å². The van der Waals surface area contributed by atoms with Gasteiger partial charge in [-0.05, 0) is 51.2 Å². The Kier molecular flexibility index (Phi) is 11.7. The van der Waals surface area contributed by atoms with E-state index < -0.39 is 40.9 Å². The van der Waals surface area contributed by atoms with Crippen LogP contribution in [0.15, 0.2) is 60.7 Å². The molecule has 2 aromatic rings. The third-order valence-corrected chi connectivity index (χ3v) is 6.53. The minimum Gasteiger partial charge on any atom is -0.465 e. The fraction of sp³-hybridized carbons (Fsp3) is 0.481. The van der Waals surface area contributed by atoms with E-state index in [-0.39, 0.29) is 13.1 Å². The number of nitrogens with one attached hydrogen (secondary N) is 1. The fourth-order valence-corrected chi connectivity index (χ4v) is 4.37. The van der Waals surface area contributed by atoms with Gasteiger partial charge in [0.05, 0.1) is 12.1 Å². The lowest BCUT2D eigenvalue weighted by Crippen LogP contribution is -2.53. The SMILES string of the molecule is CC(C)(C)OC(=O)N[C@@H](Cc1ccccc1)[C@@H](O)[C@@H](O)[C@H](Br)CCCN(Cc1ccccc1)C(=O)O. The quantitative estimate of drug-likeness (QED) is 0.280. The molecule has 0 aliphatic rings. The highest BCUT2D eigenvalue weighted by molar-refractivity contribution is 9.09. The molecule has 4 atom stereocenters. The van der Waals surface area contributed by atoms with Gasteiger partial charge in [-0.3, -0.25) is 0 Å². The van der Waals surface area contributed by atoms with E-state index >= 15 is 0 Å². The van der Waals surface area contributed by atoms with Crippen molar-refractivity contribution >= 4 is 28.1 Å². The molecule has 2 aromatic carbocycles. The number of benzene rings is 2. The van der Waals surface area contributed by atoms with Gasteiger partial charge in [0.1, 0.15) is 11.7 Å². The van der Waals surface area contributed by atoms with Crippen molar-refractivity contribution in [1.82, 2.24) is 10.2 Å². The van der Waals surface area contributed by atoms with Crippen molar-refractivity contribution < 1.29 is 29.6 Å². The number of amides is 2. The minimum absolute atomic E-state index is 0.271. The molecule has 0 unspecified atom stereocenters. The summed E-state index contributed by atoms with van der Waals surface area (Å²) in [7, 11) is 0. The second kappa shape index (κ2) is 14.2. The highest BCUT2D eigenvalue weighted by Crippen LogP contribution is 2.20. The van der Waals surface area contributed by atoms with Crippen LogP contribution in [0.4, 0.5) is 9.59 Å². The lowest BCUT2D eigenvalue weighted by Gasteiger charge is -2.31. The average Bonchev–Trinajstić information content (AvgIpc) is 2.82. The summed E-state index contributed by atoms with van der Waals surface area (Å²) in [6.07, 6.45) is -3.01. The van der Waals surface area contributed by atoms with Crippen LogP contribution < -0.4 is 5.32 Å². The first kappa shape index (κ1) is 29.6. The van der Waals surface area contributed by atoms with Crippen molar-refractivity contribution in [2.24, 2.45) is 0 Å². The summed E-state index contributed by atoms with van der Waals surface area (Å²) < 4.78 is 5.34. The normalized spacial score (nSPS) is 14.8. The zero-order valence-corrected chi connectivity index (χ0v) is 22.6. The van der Waals surface area contributed by atoms with Crippen LogP contribution in [0.1, 0.15) is 44.7 Å². The number of hydrogen-bond donors (Lipinski definition) is 4. The Hall–Kier alpha value is -2.62. The topological polar surface area (TPSA) is 119 Å². The van der Waals surface area contributed by atoms with Crippen LogP contribution in [0.2, 0.25) is 0 Å². The van der Waals surface area contributed by atoms with E-state index in [1.54, 1.807) is 20.8 Å². The van der Waals surface area contributed by atoms with E-state index in [9.17, 15) is 24.9 Å². The maximum atomic E-state index is 12.4. The first-order valence-electron chi connectivity index (χ1n) is 12.0. The zero-order valence-electron chi connectivity index (χ0n) is 21.0. The van der Waals surface area contributed by atoms with E-state index in [4.69, 9.17) is 4.74 Å². The predicted octanol–water partition coefficient (Wildman–Crippen LogP) is 4.57. The molecule has 0 spiro atoms. The van der Waals surface area contributed by atoms with Gasteiger partial charge in [0.25, 0.3) is 0 Å². The van der Waals surface area contributed by atoms with Crippen molar-refractivity contribution in [3.05, 3.63) is 71.8 Å². The van der Waals surface area contributed by atoms with Gasteiger partial charge < -0.3 is 30.3 Å². The molecule has 0 aliphatic heterocycles. The van der Waals surface area contributed by atoms with Crippen LogP contribution in [0, 0.1) is 0 Å². The highest BCUT2D eigenvalue weighted by atomic mass is 79.9. The van der Waals surface area contributed by atoms with Gasteiger partial charge in [0, 0.05) is 17.9 Å². The number of carbonyl (C=O) groups is 2. The average molecular weight is 566 g/mol. The van der Waals surface area contributed by atoms with Crippen LogP contribution in [0.3, 0.4) is 0 Å². The number of aliphatic hydroxyl groups is 2. The summed E-state index contributed by atoms with van der Waals surface area (Å²) in [6, 6.07) is 17.9. The summed E-state index contributed by atoms with van der Waals surface area (Å²) in [5.41, 5.74) is 1.07. The van der Waals surface area contributed by atoms with Crippen molar-refractivity contribution in [2.45, 2.75) is 75.3 Å². The Morgan fingerprint density at radius 1 is 0.972 bits per heavy atom. The molecule has 0 heterocycles. The molecule has 0 saturated carbocycles. The van der Waals surface area contributed by atoms with Crippen LogP contribution in [-0.2, 0) is 17.7 Å². The van der Waals surface area contributed by atoms with Gasteiger partial charge in [0.2, 0.25) is 0 Å². The maximum absolute atomic E-state index is 12.4. The molecule has 0 aromatic heterocycles. The number of hydrogen-bond acceptors (Lipinski definition) is 5. The van der Waals surface area contributed by atoms with Crippen LogP contribution in [0.25, 0.3) is 0 Å². The number of alkyl carbamates (subject to hydrolysis) is 1. The molecule has 198 valence electrons. The number of ether oxygens (including phenoxy) is 1. The van der Waals surface area contributed by atoms with E-state index in [2.05, 4.69) is 21.2 Å². The van der Waals surface area contributed by atoms with Crippen LogP contribution in [-0.4, -0.2) is 67.6 Å². The molecule has 2 amide bonds. The highest BCUT2D eigenvalue weighted by Gasteiger charge is 2.33. The van der Waals surface area contributed by atoms with Gasteiger partial charge in [-0.1, -0.05) is 76.6 Å². The Bertz CT molecular complexity index is 938.